The van der Waals surface area contributed by atoms with Gasteiger partial charge in [0, 0.05) is 37.1 Å². The van der Waals surface area contributed by atoms with E-state index in [0.717, 1.165) is 43.6 Å². The predicted octanol–water partition coefficient (Wildman–Crippen LogP) is 5.61. The lowest BCUT2D eigenvalue weighted by atomic mass is 9.89. The molecule has 0 aromatic heterocycles. The van der Waals surface area contributed by atoms with Crippen LogP contribution in [0, 0.1) is 5.92 Å². The molecule has 6 nitrogen and oxygen atoms in total. The molecule has 6 heteroatoms. The standard InChI is InChI=1S/C30H36N4O2/c1-22(2)32-29(35)27-20-26(33-30(36)31-21-25-11-7-4-8-12-25)13-14-28(27)34-17-15-24(16-18-34)19-23-9-5-3-6-10-23/h3-14,20,22,24H,15-19,21H2,1-2H3,(H,32,35)(H2,31,33,36). The molecule has 0 radical (unpaired) electrons. The molecule has 0 atom stereocenters. The van der Waals surface area contributed by atoms with Gasteiger partial charge in [-0.25, -0.2) is 4.79 Å². The van der Waals surface area contributed by atoms with Crippen LogP contribution in [0.25, 0.3) is 0 Å². The summed E-state index contributed by atoms with van der Waals surface area (Å²) in [7, 11) is 0. The zero-order chi connectivity index (χ0) is 25.3. The van der Waals surface area contributed by atoms with Crippen molar-refractivity contribution in [2.75, 3.05) is 23.3 Å². The molecule has 0 saturated carbocycles. The Labute approximate surface area is 214 Å². The quantitative estimate of drug-likeness (QED) is 0.389. The maximum absolute atomic E-state index is 13.1. The van der Waals surface area contributed by atoms with Crippen LogP contribution in [0.5, 0.6) is 0 Å². The Bertz CT molecular complexity index is 1140. The highest BCUT2D eigenvalue weighted by Gasteiger charge is 2.24. The number of benzene rings is 3. The van der Waals surface area contributed by atoms with Crippen molar-refractivity contribution in [1.82, 2.24) is 10.6 Å². The zero-order valence-electron chi connectivity index (χ0n) is 21.2. The number of anilines is 2. The number of carbonyl (C=O) groups excluding carboxylic acids is 2. The van der Waals surface area contributed by atoms with Gasteiger partial charge in [0.15, 0.2) is 0 Å². The van der Waals surface area contributed by atoms with E-state index in [1.54, 1.807) is 6.07 Å². The van der Waals surface area contributed by atoms with Crippen molar-refractivity contribution in [2.45, 2.75) is 45.7 Å². The first-order valence-corrected chi connectivity index (χ1v) is 12.8. The van der Waals surface area contributed by atoms with Crippen molar-refractivity contribution in [1.29, 1.82) is 0 Å². The molecule has 1 aliphatic rings. The molecule has 1 saturated heterocycles. The summed E-state index contributed by atoms with van der Waals surface area (Å²) in [6.07, 6.45) is 3.26. The largest absolute Gasteiger partial charge is 0.371 e. The molecule has 0 aliphatic carbocycles. The molecule has 3 N–H and O–H groups in total. The molecule has 1 fully saturated rings. The third kappa shape index (κ3) is 7.11. The molecule has 3 amide bonds. The van der Waals surface area contributed by atoms with Crippen molar-refractivity contribution in [3.63, 3.8) is 0 Å². The maximum Gasteiger partial charge on any atom is 0.319 e. The van der Waals surface area contributed by atoms with Gasteiger partial charge in [0.05, 0.1) is 5.56 Å². The number of hydrogen-bond acceptors (Lipinski definition) is 3. The molecule has 3 aromatic rings. The van der Waals surface area contributed by atoms with E-state index < -0.39 is 0 Å². The molecule has 0 unspecified atom stereocenters. The van der Waals surface area contributed by atoms with Crippen molar-refractivity contribution < 1.29 is 9.59 Å². The molecule has 36 heavy (non-hydrogen) atoms. The number of rotatable bonds is 8. The molecule has 4 rings (SSSR count). The average Bonchev–Trinajstić information content (AvgIpc) is 2.89. The molecule has 1 heterocycles. The lowest BCUT2D eigenvalue weighted by Crippen LogP contribution is -2.37. The van der Waals surface area contributed by atoms with Gasteiger partial charge < -0.3 is 20.9 Å². The molecule has 188 valence electrons. The van der Waals surface area contributed by atoms with Crippen molar-refractivity contribution in [2.24, 2.45) is 5.92 Å². The van der Waals surface area contributed by atoms with Gasteiger partial charge in [-0.3, -0.25) is 4.79 Å². The van der Waals surface area contributed by atoms with Crippen LogP contribution in [0.15, 0.2) is 78.9 Å². The molecule has 3 aromatic carbocycles. The fourth-order valence-corrected chi connectivity index (χ4v) is 4.69. The van der Waals surface area contributed by atoms with E-state index in [9.17, 15) is 9.59 Å². The summed E-state index contributed by atoms with van der Waals surface area (Å²) in [4.78, 5) is 27.9. The number of nitrogens with one attached hydrogen (secondary N) is 3. The van der Waals surface area contributed by atoms with Crippen LogP contribution in [0.2, 0.25) is 0 Å². The van der Waals surface area contributed by atoms with Crippen LogP contribution in [0.4, 0.5) is 16.2 Å². The van der Waals surface area contributed by atoms with E-state index in [1.807, 2.05) is 56.3 Å². The number of amides is 3. The van der Waals surface area contributed by atoms with Crippen LogP contribution in [0.1, 0.15) is 48.2 Å². The van der Waals surface area contributed by atoms with Crippen molar-refractivity contribution in [3.05, 3.63) is 95.6 Å². The minimum atomic E-state index is -0.302. The highest BCUT2D eigenvalue weighted by molar-refractivity contribution is 6.02. The fourth-order valence-electron chi connectivity index (χ4n) is 4.69. The first kappa shape index (κ1) is 25.3. The van der Waals surface area contributed by atoms with E-state index in [2.05, 4.69) is 51.2 Å². The Morgan fingerprint density at radius 2 is 1.53 bits per heavy atom. The van der Waals surface area contributed by atoms with Crippen LogP contribution in [-0.4, -0.2) is 31.1 Å². The molecular weight excluding hydrogens is 448 g/mol. The van der Waals surface area contributed by atoms with Gasteiger partial charge >= 0.3 is 6.03 Å². The Morgan fingerprint density at radius 3 is 2.17 bits per heavy atom. The van der Waals surface area contributed by atoms with Gasteiger partial charge in [0.1, 0.15) is 0 Å². The van der Waals surface area contributed by atoms with Crippen molar-refractivity contribution >= 4 is 23.3 Å². The third-order valence-electron chi connectivity index (χ3n) is 6.54. The summed E-state index contributed by atoms with van der Waals surface area (Å²) in [6.45, 7) is 6.15. The highest BCUT2D eigenvalue weighted by Crippen LogP contribution is 2.30. The lowest BCUT2D eigenvalue weighted by molar-refractivity contribution is 0.0943. The topological polar surface area (TPSA) is 73.5 Å². The van der Waals surface area contributed by atoms with Gasteiger partial charge in [0.25, 0.3) is 5.91 Å². The Kier molecular flexibility index (Phi) is 8.61. The highest BCUT2D eigenvalue weighted by atomic mass is 16.2. The monoisotopic (exact) mass is 484 g/mol. The normalized spacial score (nSPS) is 13.9. The number of piperidine rings is 1. The van der Waals surface area contributed by atoms with E-state index >= 15 is 0 Å². The summed E-state index contributed by atoms with van der Waals surface area (Å²) >= 11 is 0. The fraction of sp³-hybridized carbons (Fsp3) is 0.333. The van der Waals surface area contributed by atoms with Gasteiger partial charge in [-0.1, -0.05) is 60.7 Å². The molecule has 1 aliphatic heterocycles. The third-order valence-corrected chi connectivity index (χ3v) is 6.54. The first-order chi connectivity index (χ1) is 17.5. The average molecular weight is 485 g/mol. The summed E-state index contributed by atoms with van der Waals surface area (Å²) in [5.74, 6) is 0.519. The van der Waals surface area contributed by atoms with Crippen molar-refractivity contribution in [3.8, 4) is 0 Å². The SMILES string of the molecule is CC(C)NC(=O)c1cc(NC(=O)NCc2ccccc2)ccc1N1CCC(Cc2ccccc2)CC1. The molecular formula is C30H36N4O2. The smallest absolute Gasteiger partial charge is 0.319 e. The maximum atomic E-state index is 13.1. The van der Waals surface area contributed by atoms with Crippen LogP contribution >= 0.6 is 0 Å². The summed E-state index contributed by atoms with van der Waals surface area (Å²) in [5.41, 5.74) is 4.51. The first-order valence-electron chi connectivity index (χ1n) is 12.8. The number of nitrogens with zero attached hydrogens (tertiary/aromatic N) is 1. The van der Waals surface area contributed by atoms with E-state index in [-0.39, 0.29) is 18.0 Å². The minimum absolute atomic E-state index is 0.0211. The second-order valence-electron chi connectivity index (χ2n) is 9.77. The van der Waals surface area contributed by atoms with Gasteiger partial charge in [-0.05, 0) is 68.4 Å². The van der Waals surface area contributed by atoms with Gasteiger partial charge in [-0.15, -0.1) is 0 Å². The van der Waals surface area contributed by atoms with Crippen LogP contribution in [0.3, 0.4) is 0 Å². The zero-order valence-corrected chi connectivity index (χ0v) is 21.2. The predicted molar refractivity (Wildman–Crippen MR) is 146 cm³/mol. The summed E-state index contributed by atoms with van der Waals surface area (Å²) < 4.78 is 0. The number of urea groups is 1. The second-order valence-corrected chi connectivity index (χ2v) is 9.77. The molecule has 0 spiro atoms. The van der Waals surface area contributed by atoms with E-state index in [4.69, 9.17) is 0 Å². The van der Waals surface area contributed by atoms with Gasteiger partial charge in [-0.2, -0.15) is 0 Å². The van der Waals surface area contributed by atoms with E-state index in [0.29, 0.717) is 23.7 Å². The minimum Gasteiger partial charge on any atom is -0.371 e. The number of hydrogen-bond donors (Lipinski definition) is 3. The van der Waals surface area contributed by atoms with E-state index in [1.165, 1.54) is 5.56 Å². The Morgan fingerprint density at radius 1 is 0.889 bits per heavy atom. The second kappa shape index (κ2) is 12.2. The summed E-state index contributed by atoms with van der Waals surface area (Å²) in [5, 5.41) is 8.76. The Balaban J connectivity index is 1.42. The molecule has 0 bridgehead atoms. The van der Waals surface area contributed by atoms with Gasteiger partial charge in [0.2, 0.25) is 0 Å². The lowest BCUT2D eigenvalue weighted by Gasteiger charge is -2.35. The summed E-state index contributed by atoms with van der Waals surface area (Å²) in [6, 6.07) is 25.7. The van der Waals surface area contributed by atoms with Crippen LogP contribution in [-0.2, 0) is 13.0 Å². The number of carbonyl (C=O) groups is 2. The Hall–Kier alpha value is -3.80. The van der Waals surface area contributed by atoms with Crippen LogP contribution < -0.4 is 20.9 Å².